The molecule has 0 fully saturated rings. The van der Waals surface area contributed by atoms with Gasteiger partial charge in [-0.25, -0.2) is 0 Å². The quantitative estimate of drug-likeness (QED) is 0.742. The van der Waals surface area contributed by atoms with Gasteiger partial charge in [-0.1, -0.05) is 0 Å². The lowest BCUT2D eigenvalue weighted by molar-refractivity contribution is 0.112. The second-order valence-electron chi connectivity index (χ2n) is 2.52. The van der Waals surface area contributed by atoms with Gasteiger partial charge in [0.05, 0.1) is 5.52 Å². The van der Waals surface area contributed by atoms with E-state index in [1.54, 1.807) is 6.07 Å². The van der Waals surface area contributed by atoms with E-state index >= 15 is 0 Å². The SMILES string of the molecule is O=Cc1ccc(Br)c2[nH]ccc12. The van der Waals surface area contributed by atoms with Gasteiger partial charge < -0.3 is 4.98 Å². The van der Waals surface area contributed by atoms with Crippen LogP contribution in [0.3, 0.4) is 0 Å². The molecule has 0 aliphatic heterocycles. The van der Waals surface area contributed by atoms with Gasteiger partial charge in [-0.05, 0) is 34.1 Å². The number of hydrogen-bond acceptors (Lipinski definition) is 1. The van der Waals surface area contributed by atoms with Gasteiger partial charge in [0.15, 0.2) is 6.29 Å². The lowest BCUT2D eigenvalue weighted by Gasteiger charge is -1.96. The van der Waals surface area contributed by atoms with Gasteiger partial charge in [0.2, 0.25) is 0 Å². The van der Waals surface area contributed by atoms with E-state index in [1.807, 2.05) is 18.3 Å². The molecule has 0 radical (unpaired) electrons. The van der Waals surface area contributed by atoms with E-state index in [0.717, 1.165) is 27.2 Å². The second kappa shape index (κ2) is 2.75. The van der Waals surface area contributed by atoms with Crippen LogP contribution < -0.4 is 0 Å². The molecular weight excluding hydrogens is 218 g/mol. The van der Waals surface area contributed by atoms with Gasteiger partial charge in [0.1, 0.15) is 0 Å². The molecule has 0 unspecified atom stereocenters. The number of aldehydes is 1. The highest BCUT2D eigenvalue weighted by Gasteiger charge is 2.03. The number of fused-ring (bicyclic) bond motifs is 1. The average molecular weight is 224 g/mol. The van der Waals surface area contributed by atoms with Crippen molar-refractivity contribution >= 4 is 33.1 Å². The molecule has 0 aliphatic rings. The van der Waals surface area contributed by atoms with Crippen LogP contribution in [0.5, 0.6) is 0 Å². The van der Waals surface area contributed by atoms with Gasteiger partial charge in [0.25, 0.3) is 0 Å². The van der Waals surface area contributed by atoms with Crippen LogP contribution in [0, 0.1) is 0 Å². The van der Waals surface area contributed by atoms with Crippen LogP contribution in [0.2, 0.25) is 0 Å². The van der Waals surface area contributed by atoms with Crippen LogP contribution in [0.25, 0.3) is 10.9 Å². The van der Waals surface area contributed by atoms with E-state index < -0.39 is 0 Å². The van der Waals surface area contributed by atoms with E-state index in [4.69, 9.17) is 0 Å². The zero-order chi connectivity index (χ0) is 8.55. The first-order valence-corrected chi connectivity index (χ1v) is 4.33. The van der Waals surface area contributed by atoms with Gasteiger partial charge in [-0.2, -0.15) is 0 Å². The molecule has 1 aromatic carbocycles. The van der Waals surface area contributed by atoms with Crippen LogP contribution in [0.1, 0.15) is 10.4 Å². The first-order chi connectivity index (χ1) is 5.83. The lowest BCUT2D eigenvalue weighted by atomic mass is 10.1. The number of rotatable bonds is 1. The van der Waals surface area contributed by atoms with Gasteiger partial charge in [-0.15, -0.1) is 0 Å². The van der Waals surface area contributed by atoms with Crippen molar-refractivity contribution in [1.29, 1.82) is 0 Å². The Morgan fingerprint density at radius 2 is 2.17 bits per heavy atom. The summed E-state index contributed by atoms with van der Waals surface area (Å²) >= 11 is 3.39. The van der Waals surface area contributed by atoms with Gasteiger partial charge >= 0.3 is 0 Å². The largest absolute Gasteiger partial charge is 0.360 e. The van der Waals surface area contributed by atoms with Crippen molar-refractivity contribution in [2.24, 2.45) is 0 Å². The summed E-state index contributed by atoms with van der Waals surface area (Å²) in [4.78, 5) is 13.7. The minimum Gasteiger partial charge on any atom is -0.360 e. The molecule has 1 N–H and O–H groups in total. The summed E-state index contributed by atoms with van der Waals surface area (Å²) in [5.74, 6) is 0. The first-order valence-electron chi connectivity index (χ1n) is 3.53. The molecule has 2 nitrogen and oxygen atoms in total. The first kappa shape index (κ1) is 7.55. The molecule has 0 saturated carbocycles. The number of hydrogen-bond donors (Lipinski definition) is 1. The lowest BCUT2D eigenvalue weighted by Crippen LogP contribution is -1.80. The second-order valence-corrected chi connectivity index (χ2v) is 3.38. The predicted octanol–water partition coefficient (Wildman–Crippen LogP) is 2.74. The van der Waals surface area contributed by atoms with E-state index in [-0.39, 0.29) is 0 Å². The number of aromatic nitrogens is 1. The standard InChI is InChI=1S/C9H6BrNO/c10-8-2-1-6(5-12)7-3-4-11-9(7)8/h1-5,11H. The maximum Gasteiger partial charge on any atom is 0.150 e. The highest BCUT2D eigenvalue weighted by atomic mass is 79.9. The molecule has 0 saturated heterocycles. The maximum atomic E-state index is 10.6. The Kier molecular flexibility index (Phi) is 1.73. The fourth-order valence-corrected chi connectivity index (χ4v) is 1.71. The molecular formula is C9H6BrNO. The summed E-state index contributed by atoms with van der Waals surface area (Å²) in [5.41, 5.74) is 1.69. The topological polar surface area (TPSA) is 32.9 Å². The monoisotopic (exact) mass is 223 g/mol. The van der Waals surface area contributed by atoms with Crippen LogP contribution in [0.4, 0.5) is 0 Å². The Labute approximate surface area is 77.7 Å². The fourth-order valence-electron chi connectivity index (χ4n) is 1.25. The Balaban J connectivity index is 2.91. The fraction of sp³-hybridized carbons (Fsp3) is 0. The van der Waals surface area contributed by atoms with E-state index in [0.29, 0.717) is 0 Å². The number of carbonyl (C=O) groups is 1. The predicted molar refractivity (Wildman–Crippen MR) is 51.4 cm³/mol. The molecule has 0 aliphatic carbocycles. The Morgan fingerprint density at radius 1 is 1.33 bits per heavy atom. The Bertz CT molecular complexity index is 433. The van der Waals surface area contributed by atoms with Crippen LogP contribution in [-0.2, 0) is 0 Å². The molecule has 60 valence electrons. The molecule has 0 bridgehead atoms. The van der Waals surface area contributed by atoms with Gasteiger partial charge in [-0.3, -0.25) is 4.79 Å². The Hall–Kier alpha value is -1.09. The zero-order valence-electron chi connectivity index (χ0n) is 6.17. The van der Waals surface area contributed by atoms with E-state index in [2.05, 4.69) is 20.9 Å². The van der Waals surface area contributed by atoms with Crippen LogP contribution in [0.15, 0.2) is 28.9 Å². The van der Waals surface area contributed by atoms with Gasteiger partial charge in [0, 0.05) is 21.6 Å². The van der Waals surface area contributed by atoms with Crippen molar-refractivity contribution in [3.05, 3.63) is 34.4 Å². The molecule has 1 aromatic heterocycles. The minimum atomic E-state index is 0.717. The van der Waals surface area contributed by atoms with Crippen LogP contribution in [-0.4, -0.2) is 11.3 Å². The molecule has 0 atom stereocenters. The van der Waals surface area contributed by atoms with E-state index in [1.165, 1.54) is 0 Å². The number of halogens is 1. The summed E-state index contributed by atoms with van der Waals surface area (Å²) in [7, 11) is 0. The normalized spacial score (nSPS) is 10.4. The highest BCUT2D eigenvalue weighted by Crippen LogP contribution is 2.24. The average Bonchev–Trinajstić information content (AvgIpc) is 2.54. The molecule has 0 amide bonds. The molecule has 2 rings (SSSR count). The number of carbonyl (C=O) groups excluding carboxylic acids is 1. The molecule has 2 aromatic rings. The highest BCUT2D eigenvalue weighted by molar-refractivity contribution is 9.10. The van der Waals surface area contributed by atoms with Crippen LogP contribution >= 0.6 is 15.9 Å². The summed E-state index contributed by atoms with van der Waals surface area (Å²) in [6.45, 7) is 0. The number of benzene rings is 1. The molecule has 12 heavy (non-hydrogen) atoms. The zero-order valence-corrected chi connectivity index (χ0v) is 7.76. The smallest absolute Gasteiger partial charge is 0.150 e. The van der Waals surface area contributed by atoms with E-state index in [9.17, 15) is 4.79 Å². The molecule has 0 spiro atoms. The van der Waals surface area contributed by atoms with Crippen molar-refractivity contribution in [3.63, 3.8) is 0 Å². The summed E-state index contributed by atoms with van der Waals surface area (Å²) in [5, 5.41) is 0.958. The number of nitrogens with one attached hydrogen (secondary N) is 1. The molecule has 3 heteroatoms. The van der Waals surface area contributed by atoms with Crippen molar-refractivity contribution in [1.82, 2.24) is 4.98 Å². The van der Waals surface area contributed by atoms with Crippen molar-refractivity contribution < 1.29 is 4.79 Å². The maximum absolute atomic E-state index is 10.6. The third-order valence-electron chi connectivity index (χ3n) is 1.83. The summed E-state index contributed by atoms with van der Waals surface area (Å²) in [6, 6.07) is 5.56. The van der Waals surface area contributed by atoms with Crippen molar-refractivity contribution in [2.75, 3.05) is 0 Å². The number of aromatic amines is 1. The number of H-pyrrole nitrogens is 1. The van der Waals surface area contributed by atoms with Crippen molar-refractivity contribution in [2.45, 2.75) is 0 Å². The minimum absolute atomic E-state index is 0.717. The third kappa shape index (κ3) is 0.975. The summed E-state index contributed by atoms with van der Waals surface area (Å²) in [6.07, 6.45) is 2.69. The summed E-state index contributed by atoms with van der Waals surface area (Å²) < 4.78 is 0.980. The third-order valence-corrected chi connectivity index (χ3v) is 2.49. The molecule has 1 heterocycles. The Morgan fingerprint density at radius 3 is 2.92 bits per heavy atom. The van der Waals surface area contributed by atoms with Crippen molar-refractivity contribution in [3.8, 4) is 0 Å².